The van der Waals surface area contributed by atoms with E-state index in [0.717, 1.165) is 83.6 Å². The molecule has 2 heterocycles. The van der Waals surface area contributed by atoms with Gasteiger partial charge in [-0.15, -0.1) is 0 Å². The summed E-state index contributed by atoms with van der Waals surface area (Å²) >= 11 is 0. The number of benzene rings is 9. The molecule has 1 aliphatic rings. The van der Waals surface area contributed by atoms with Crippen molar-refractivity contribution >= 4 is 77.8 Å². The first-order valence-corrected chi connectivity index (χ1v) is 20.0. The summed E-state index contributed by atoms with van der Waals surface area (Å²) in [6, 6.07) is 72.6. The van der Waals surface area contributed by atoms with Gasteiger partial charge >= 0.3 is 0 Å². The molecule has 1 aromatic heterocycles. The Kier molecular flexibility index (Phi) is 8.52. The Labute approximate surface area is 342 Å². The maximum absolute atomic E-state index is 6.85. The molecule has 0 saturated heterocycles. The van der Waals surface area contributed by atoms with Crippen LogP contribution in [0.15, 0.2) is 227 Å². The number of hydrogen-bond donors (Lipinski definition) is 0. The average Bonchev–Trinajstić information content (AvgIpc) is 3.50. The van der Waals surface area contributed by atoms with Crippen molar-refractivity contribution in [2.24, 2.45) is 9.98 Å². The van der Waals surface area contributed by atoms with E-state index >= 15 is 0 Å². The van der Waals surface area contributed by atoms with Gasteiger partial charge in [0.05, 0.1) is 11.4 Å². The Hall–Kier alpha value is -7.82. The van der Waals surface area contributed by atoms with E-state index in [1.165, 1.54) is 16.2 Å². The summed E-state index contributed by atoms with van der Waals surface area (Å²) in [6.45, 7) is 0. The first-order valence-electron chi connectivity index (χ1n) is 20.0. The van der Waals surface area contributed by atoms with Crippen LogP contribution in [0.3, 0.4) is 0 Å². The van der Waals surface area contributed by atoms with Gasteiger partial charge in [0.1, 0.15) is 11.2 Å². The fourth-order valence-electron chi connectivity index (χ4n) is 8.32. The maximum Gasteiger partial charge on any atom is 0.160 e. The molecule has 0 fully saturated rings. The molecule has 4 heteroatoms. The largest absolute Gasteiger partial charge is 0.455 e. The number of para-hydroxylation sites is 1. The topological polar surface area (TPSA) is 41.1 Å². The van der Waals surface area contributed by atoms with Gasteiger partial charge in [-0.2, -0.15) is 0 Å². The summed E-state index contributed by atoms with van der Waals surface area (Å²) in [4.78, 5) is 13.0. The molecule has 0 atom stereocenters. The van der Waals surface area contributed by atoms with Gasteiger partial charge in [-0.1, -0.05) is 152 Å². The summed E-state index contributed by atoms with van der Waals surface area (Å²) in [5, 5.41) is 6.81. The van der Waals surface area contributed by atoms with Crippen molar-refractivity contribution in [2.75, 3.05) is 4.90 Å². The third kappa shape index (κ3) is 6.47. The second-order valence-corrected chi connectivity index (χ2v) is 15.0. The molecule has 0 amide bonds. The van der Waals surface area contributed by atoms with Gasteiger partial charge in [0, 0.05) is 45.4 Å². The van der Waals surface area contributed by atoms with Gasteiger partial charge < -0.3 is 9.32 Å². The fourth-order valence-corrected chi connectivity index (χ4v) is 8.32. The van der Waals surface area contributed by atoms with Crippen LogP contribution in [-0.4, -0.2) is 11.5 Å². The third-order valence-corrected chi connectivity index (χ3v) is 11.3. The molecule has 1 aliphatic heterocycles. The summed E-state index contributed by atoms with van der Waals surface area (Å²) < 4.78 is 6.85. The van der Waals surface area contributed by atoms with E-state index in [4.69, 9.17) is 14.4 Å². The summed E-state index contributed by atoms with van der Waals surface area (Å²) in [5.41, 5.74) is 11.9. The second kappa shape index (κ2) is 14.6. The molecule has 9 aromatic carbocycles. The summed E-state index contributed by atoms with van der Waals surface area (Å²) in [5.74, 6) is 0.665. The van der Waals surface area contributed by atoms with Crippen molar-refractivity contribution in [3.63, 3.8) is 0 Å². The van der Waals surface area contributed by atoms with Crippen LogP contribution in [0.2, 0.25) is 0 Å². The van der Waals surface area contributed by atoms with Gasteiger partial charge in [-0.05, 0) is 98.9 Å². The van der Waals surface area contributed by atoms with E-state index in [1.54, 1.807) is 0 Å². The maximum atomic E-state index is 6.85. The van der Waals surface area contributed by atoms with Crippen LogP contribution >= 0.6 is 0 Å². The molecule has 10 aromatic rings. The van der Waals surface area contributed by atoms with E-state index in [1.807, 2.05) is 12.1 Å². The van der Waals surface area contributed by atoms with Crippen molar-refractivity contribution in [1.29, 1.82) is 0 Å². The molecular weight excluding hydrogens is 719 g/mol. The first-order chi connectivity index (χ1) is 29.2. The lowest BCUT2D eigenvalue weighted by molar-refractivity contribution is 0.670. The molecule has 11 rings (SSSR count). The Morgan fingerprint density at radius 2 is 1.00 bits per heavy atom. The number of amidine groups is 1. The van der Waals surface area contributed by atoms with Crippen molar-refractivity contribution < 1.29 is 4.42 Å². The van der Waals surface area contributed by atoms with Crippen molar-refractivity contribution in [2.45, 2.75) is 6.42 Å². The highest BCUT2D eigenvalue weighted by Crippen LogP contribution is 2.41. The van der Waals surface area contributed by atoms with Gasteiger partial charge in [-0.25, -0.2) is 9.98 Å². The third-order valence-electron chi connectivity index (χ3n) is 11.3. The molecule has 278 valence electrons. The number of nitrogens with zero attached hydrogens (tertiary/aromatic N) is 3. The Morgan fingerprint density at radius 3 is 1.73 bits per heavy atom. The van der Waals surface area contributed by atoms with E-state index < -0.39 is 0 Å². The lowest BCUT2D eigenvalue weighted by atomic mass is 9.97. The fraction of sp³-hybridized carbons (Fsp3) is 0.0182. The highest BCUT2D eigenvalue weighted by atomic mass is 16.3. The first kappa shape index (κ1) is 34.4. The summed E-state index contributed by atoms with van der Waals surface area (Å²) in [7, 11) is 0. The van der Waals surface area contributed by atoms with E-state index in [2.05, 4.69) is 205 Å². The number of rotatable bonds is 7. The molecule has 0 saturated carbocycles. The van der Waals surface area contributed by atoms with Gasteiger partial charge in [0.15, 0.2) is 5.84 Å². The van der Waals surface area contributed by atoms with Crippen molar-refractivity contribution in [1.82, 2.24) is 0 Å². The van der Waals surface area contributed by atoms with Crippen LogP contribution in [0.4, 0.5) is 17.1 Å². The Bertz CT molecular complexity index is 3270. The lowest BCUT2D eigenvalue weighted by Gasteiger charge is -2.26. The zero-order chi connectivity index (χ0) is 39.1. The highest BCUT2D eigenvalue weighted by molar-refractivity contribution is 6.19. The number of furan rings is 1. The number of fused-ring (bicyclic) bond motifs is 5. The molecule has 0 N–H and O–H groups in total. The minimum absolute atomic E-state index is 0.660. The minimum atomic E-state index is 0.660. The number of aliphatic imine (C=N–C) groups is 2. The highest BCUT2D eigenvalue weighted by Gasteiger charge is 2.21. The second-order valence-electron chi connectivity index (χ2n) is 15.0. The van der Waals surface area contributed by atoms with Gasteiger partial charge in [0.25, 0.3) is 0 Å². The SMILES string of the molecule is C1=C(c2ccccc2)N=C(c2cc(-c3ccc(N(c4ccccc4)c4ccc5ccccc5c4)cc3)c3oc4cc5ccccc5cc4c3c2)N=C(c2ccccc2)C1. The molecule has 0 spiro atoms. The van der Waals surface area contributed by atoms with Crippen LogP contribution in [0.25, 0.3) is 60.3 Å². The number of hydrogen-bond acceptors (Lipinski definition) is 4. The number of allylic oxidation sites excluding steroid dienone is 1. The quantitative estimate of drug-likeness (QED) is 0.163. The predicted octanol–water partition coefficient (Wildman–Crippen LogP) is 14.7. The monoisotopic (exact) mass is 755 g/mol. The van der Waals surface area contributed by atoms with E-state index in [9.17, 15) is 0 Å². The van der Waals surface area contributed by atoms with Crippen LogP contribution in [0, 0.1) is 0 Å². The lowest BCUT2D eigenvalue weighted by Crippen LogP contribution is -2.09. The van der Waals surface area contributed by atoms with Gasteiger partial charge in [0.2, 0.25) is 0 Å². The normalized spacial score (nSPS) is 13.0. The number of anilines is 3. The van der Waals surface area contributed by atoms with E-state index in [-0.39, 0.29) is 0 Å². The summed E-state index contributed by atoms with van der Waals surface area (Å²) in [6.07, 6.45) is 2.85. The standard InChI is InChI=1S/C55H37N3O/c1-4-15-39(16-5-1)51-30-31-52(40-17-6-2-7-18-40)57-55(56-51)44-34-48(54-50(35-44)49-33-42-20-12-13-21-43(42)36-53(49)59-54)38-25-27-46(28-26-38)58(45-22-8-3-9-23-45)47-29-24-37-14-10-11-19-41(37)32-47/h1-30,32-36H,31H2. The molecular formula is C55H37N3O. The van der Waals surface area contributed by atoms with Crippen molar-refractivity contribution in [3.05, 3.63) is 229 Å². The van der Waals surface area contributed by atoms with Crippen LogP contribution < -0.4 is 4.90 Å². The predicted molar refractivity (Wildman–Crippen MR) is 247 cm³/mol. The molecule has 0 radical (unpaired) electrons. The molecule has 4 nitrogen and oxygen atoms in total. The zero-order valence-electron chi connectivity index (χ0n) is 32.2. The zero-order valence-corrected chi connectivity index (χ0v) is 32.2. The average molecular weight is 756 g/mol. The molecule has 0 bridgehead atoms. The van der Waals surface area contributed by atoms with Crippen LogP contribution in [0.1, 0.15) is 23.1 Å². The van der Waals surface area contributed by atoms with E-state index in [0.29, 0.717) is 12.3 Å². The van der Waals surface area contributed by atoms with Gasteiger partial charge in [-0.3, -0.25) is 0 Å². The molecule has 59 heavy (non-hydrogen) atoms. The van der Waals surface area contributed by atoms with Crippen molar-refractivity contribution in [3.8, 4) is 11.1 Å². The van der Waals surface area contributed by atoms with Crippen LogP contribution in [-0.2, 0) is 0 Å². The minimum Gasteiger partial charge on any atom is -0.455 e. The van der Waals surface area contributed by atoms with Crippen LogP contribution in [0.5, 0.6) is 0 Å². The molecule has 0 aliphatic carbocycles. The Morgan fingerprint density at radius 1 is 0.407 bits per heavy atom. The molecule has 0 unspecified atom stereocenters. The smallest absolute Gasteiger partial charge is 0.160 e. The Balaban J connectivity index is 1.11.